The van der Waals surface area contributed by atoms with Gasteiger partial charge in [0.25, 0.3) is 0 Å². The maximum atomic E-state index is 11.7. The van der Waals surface area contributed by atoms with E-state index in [4.69, 9.17) is 9.47 Å². The molecule has 2 aliphatic rings. The van der Waals surface area contributed by atoms with E-state index >= 15 is 0 Å². The average molecular weight is 226 g/mol. The van der Waals surface area contributed by atoms with Crippen LogP contribution in [-0.4, -0.2) is 30.4 Å². The minimum absolute atomic E-state index is 0.0248. The van der Waals surface area contributed by atoms with Crippen molar-refractivity contribution < 1.29 is 23.9 Å². The number of hydrogen-bond acceptors (Lipinski definition) is 5. The van der Waals surface area contributed by atoms with E-state index in [9.17, 15) is 14.4 Å². The van der Waals surface area contributed by atoms with Crippen molar-refractivity contribution in [3.63, 3.8) is 0 Å². The Kier molecular flexibility index (Phi) is 2.48. The second-order valence-corrected chi connectivity index (χ2v) is 4.54. The van der Waals surface area contributed by atoms with Crippen molar-refractivity contribution in [2.24, 2.45) is 11.3 Å². The topological polar surface area (TPSA) is 69.7 Å². The van der Waals surface area contributed by atoms with Crippen molar-refractivity contribution in [2.75, 3.05) is 6.61 Å². The van der Waals surface area contributed by atoms with Crippen LogP contribution in [0.4, 0.5) is 0 Å². The molecule has 0 aromatic carbocycles. The summed E-state index contributed by atoms with van der Waals surface area (Å²) in [6, 6.07) is 0. The molecule has 0 N–H and O–H groups in total. The molecular formula is C11H14O5. The molecule has 3 atom stereocenters. The highest BCUT2D eigenvalue weighted by molar-refractivity contribution is 5.93. The molecule has 2 rings (SSSR count). The molecule has 0 spiro atoms. The van der Waals surface area contributed by atoms with Gasteiger partial charge in [0.05, 0.1) is 5.92 Å². The second-order valence-electron chi connectivity index (χ2n) is 4.54. The van der Waals surface area contributed by atoms with Gasteiger partial charge in [0.1, 0.15) is 23.9 Å². The molecule has 0 amide bonds. The highest BCUT2D eigenvalue weighted by Crippen LogP contribution is 2.46. The largest absolute Gasteiger partial charge is 0.464 e. The summed E-state index contributed by atoms with van der Waals surface area (Å²) in [6.07, 6.45) is 0.206. The Morgan fingerprint density at radius 1 is 1.50 bits per heavy atom. The van der Waals surface area contributed by atoms with Gasteiger partial charge in [-0.2, -0.15) is 0 Å². The lowest BCUT2D eigenvalue weighted by atomic mass is 9.66. The number of esters is 2. The van der Waals surface area contributed by atoms with Crippen molar-refractivity contribution >= 4 is 17.7 Å². The Labute approximate surface area is 93.1 Å². The number of ether oxygens (including phenoxy) is 2. The van der Waals surface area contributed by atoms with Crippen LogP contribution in [0.25, 0.3) is 0 Å². The smallest absolute Gasteiger partial charge is 0.316 e. The van der Waals surface area contributed by atoms with Crippen molar-refractivity contribution in [1.82, 2.24) is 0 Å². The Balaban J connectivity index is 2.30. The summed E-state index contributed by atoms with van der Waals surface area (Å²) in [5.74, 6) is -1.30. The van der Waals surface area contributed by atoms with E-state index in [1.165, 1.54) is 6.92 Å². The van der Waals surface area contributed by atoms with Gasteiger partial charge in [-0.25, -0.2) is 0 Å². The standard InChI is InChI=1S/C11H14O5/c1-6(12)16-9-4-3-8(13)7-5-15-10(14)11(7,9)2/h7,9H,3-5H2,1-2H3/t7-,9+,11+/m0/s1. The molecule has 0 aromatic heterocycles. The van der Waals surface area contributed by atoms with E-state index < -0.39 is 29.4 Å². The fraction of sp³-hybridized carbons (Fsp3) is 0.727. The monoisotopic (exact) mass is 226 g/mol. The molecule has 2 fully saturated rings. The zero-order chi connectivity index (χ0) is 11.9. The van der Waals surface area contributed by atoms with Gasteiger partial charge in [0.15, 0.2) is 0 Å². The van der Waals surface area contributed by atoms with E-state index in [1.807, 2.05) is 0 Å². The fourth-order valence-electron chi connectivity index (χ4n) is 2.54. The average Bonchev–Trinajstić information content (AvgIpc) is 2.50. The van der Waals surface area contributed by atoms with Gasteiger partial charge in [-0.15, -0.1) is 0 Å². The molecule has 5 nitrogen and oxygen atoms in total. The number of cyclic esters (lactones) is 1. The van der Waals surface area contributed by atoms with Crippen LogP contribution in [0.3, 0.4) is 0 Å². The molecule has 1 aliphatic heterocycles. The first-order chi connectivity index (χ1) is 7.46. The summed E-state index contributed by atoms with van der Waals surface area (Å²) >= 11 is 0. The number of rotatable bonds is 1. The summed E-state index contributed by atoms with van der Waals surface area (Å²) in [7, 11) is 0. The van der Waals surface area contributed by atoms with E-state index in [0.717, 1.165) is 0 Å². The van der Waals surface area contributed by atoms with Gasteiger partial charge >= 0.3 is 11.9 Å². The van der Waals surface area contributed by atoms with Crippen molar-refractivity contribution in [1.29, 1.82) is 0 Å². The third kappa shape index (κ3) is 1.42. The highest BCUT2D eigenvalue weighted by atomic mass is 16.6. The third-order valence-electron chi connectivity index (χ3n) is 3.56. The molecule has 0 aromatic rings. The first-order valence-corrected chi connectivity index (χ1v) is 5.33. The summed E-state index contributed by atoms with van der Waals surface area (Å²) < 4.78 is 10.1. The lowest BCUT2D eigenvalue weighted by Crippen LogP contribution is -2.50. The molecular weight excluding hydrogens is 212 g/mol. The predicted molar refractivity (Wildman–Crippen MR) is 52.4 cm³/mol. The maximum absolute atomic E-state index is 11.7. The summed E-state index contributed by atoms with van der Waals surface area (Å²) in [6.45, 7) is 3.07. The molecule has 1 heterocycles. The normalized spacial score (nSPS) is 37.9. The van der Waals surface area contributed by atoms with E-state index in [2.05, 4.69) is 0 Å². The Morgan fingerprint density at radius 2 is 2.19 bits per heavy atom. The summed E-state index contributed by atoms with van der Waals surface area (Å²) in [5.41, 5.74) is -0.985. The quantitative estimate of drug-likeness (QED) is 0.607. The van der Waals surface area contributed by atoms with Crippen LogP contribution in [0.15, 0.2) is 0 Å². The molecule has 0 unspecified atom stereocenters. The summed E-state index contributed by atoms with van der Waals surface area (Å²) in [4.78, 5) is 34.4. The van der Waals surface area contributed by atoms with Gasteiger partial charge in [-0.1, -0.05) is 0 Å². The number of Topliss-reactive ketones (excluding diaryl/α,β-unsaturated/α-hetero) is 1. The van der Waals surface area contributed by atoms with Crippen LogP contribution in [0, 0.1) is 11.3 Å². The van der Waals surface area contributed by atoms with E-state index in [1.54, 1.807) is 6.92 Å². The number of fused-ring (bicyclic) bond motifs is 1. The SMILES string of the molecule is CC(=O)O[C@@H]1CCC(=O)[C@@H]2COC(=O)[C@@]12C. The van der Waals surface area contributed by atoms with Crippen LogP contribution >= 0.6 is 0 Å². The third-order valence-corrected chi connectivity index (χ3v) is 3.56. The molecule has 0 bridgehead atoms. The number of carbonyl (C=O) groups is 3. The maximum Gasteiger partial charge on any atom is 0.316 e. The predicted octanol–water partition coefficient (Wildman–Crippen LogP) is 0.460. The van der Waals surface area contributed by atoms with E-state index in [0.29, 0.717) is 12.8 Å². The summed E-state index contributed by atoms with van der Waals surface area (Å²) in [5, 5.41) is 0. The molecule has 5 heteroatoms. The van der Waals surface area contributed by atoms with Gasteiger partial charge in [-0.3, -0.25) is 14.4 Å². The van der Waals surface area contributed by atoms with Crippen LogP contribution < -0.4 is 0 Å². The van der Waals surface area contributed by atoms with Crippen LogP contribution in [0.2, 0.25) is 0 Å². The van der Waals surface area contributed by atoms with Crippen LogP contribution in [0.1, 0.15) is 26.7 Å². The lowest BCUT2D eigenvalue weighted by molar-refractivity contribution is -0.169. The second kappa shape index (κ2) is 3.57. The highest BCUT2D eigenvalue weighted by Gasteiger charge is 2.60. The first kappa shape index (κ1) is 11.1. The van der Waals surface area contributed by atoms with Gasteiger partial charge in [-0.05, 0) is 13.3 Å². The van der Waals surface area contributed by atoms with Crippen molar-refractivity contribution in [2.45, 2.75) is 32.8 Å². The zero-order valence-corrected chi connectivity index (χ0v) is 9.32. The molecule has 0 radical (unpaired) electrons. The van der Waals surface area contributed by atoms with Crippen molar-refractivity contribution in [3.05, 3.63) is 0 Å². The minimum Gasteiger partial charge on any atom is -0.464 e. The van der Waals surface area contributed by atoms with Gasteiger partial charge in [0.2, 0.25) is 0 Å². The Hall–Kier alpha value is -1.39. The van der Waals surface area contributed by atoms with E-state index in [-0.39, 0.29) is 12.4 Å². The van der Waals surface area contributed by atoms with Gasteiger partial charge < -0.3 is 9.47 Å². The van der Waals surface area contributed by atoms with Crippen molar-refractivity contribution in [3.8, 4) is 0 Å². The van der Waals surface area contributed by atoms with Crippen LogP contribution in [-0.2, 0) is 23.9 Å². The lowest BCUT2D eigenvalue weighted by Gasteiger charge is -2.37. The molecule has 88 valence electrons. The molecule has 1 saturated heterocycles. The minimum atomic E-state index is -0.985. The molecule has 1 aliphatic carbocycles. The number of ketones is 1. The number of hydrogen-bond donors (Lipinski definition) is 0. The van der Waals surface area contributed by atoms with Gasteiger partial charge in [0, 0.05) is 13.3 Å². The fourth-order valence-corrected chi connectivity index (χ4v) is 2.54. The zero-order valence-electron chi connectivity index (χ0n) is 9.32. The van der Waals surface area contributed by atoms with Crippen LogP contribution in [0.5, 0.6) is 0 Å². The number of carbonyl (C=O) groups excluding carboxylic acids is 3. The first-order valence-electron chi connectivity index (χ1n) is 5.33. The Bertz CT molecular complexity index is 361. The molecule has 1 saturated carbocycles. The molecule has 16 heavy (non-hydrogen) atoms. The Morgan fingerprint density at radius 3 is 2.81 bits per heavy atom.